The first-order chi connectivity index (χ1) is 9.56. The summed E-state index contributed by atoms with van der Waals surface area (Å²) in [6, 6.07) is 6.16. The largest absolute Gasteiger partial charge is 0.493 e. The van der Waals surface area contributed by atoms with Crippen LogP contribution in [0.2, 0.25) is 0 Å². The van der Waals surface area contributed by atoms with Crippen LogP contribution in [0.15, 0.2) is 47.7 Å². The Bertz CT molecular complexity index is 556. The predicted octanol–water partition coefficient (Wildman–Crippen LogP) is 3.80. The van der Waals surface area contributed by atoms with Crippen molar-refractivity contribution >= 4 is 5.71 Å². The fourth-order valence-corrected chi connectivity index (χ4v) is 1.92. The first-order valence-corrected chi connectivity index (χ1v) is 7.01. The highest BCUT2D eigenvalue weighted by atomic mass is 16.5. The third kappa shape index (κ3) is 3.73. The maximum absolute atomic E-state index is 5.82. The molecule has 1 heterocycles. The second-order valence-corrected chi connectivity index (χ2v) is 5.48. The molecule has 1 aliphatic heterocycles. The van der Waals surface area contributed by atoms with Gasteiger partial charge in [0.2, 0.25) is 0 Å². The Morgan fingerprint density at radius 1 is 1.30 bits per heavy atom. The van der Waals surface area contributed by atoms with E-state index in [9.17, 15) is 0 Å². The van der Waals surface area contributed by atoms with Crippen LogP contribution in [0.1, 0.15) is 31.4 Å². The molecule has 0 amide bonds. The van der Waals surface area contributed by atoms with Crippen molar-refractivity contribution in [2.24, 2.45) is 11.0 Å². The topological polar surface area (TPSA) is 33.6 Å². The van der Waals surface area contributed by atoms with Gasteiger partial charge in [-0.3, -0.25) is 5.43 Å². The van der Waals surface area contributed by atoms with Gasteiger partial charge in [-0.05, 0) is 55.2 Å². The molecule has 1 N–H and O–H groups in total. The third-order valence-corrected chi connectivity index (χ3v) is 3.19. The molecule has 0 saturated heterocycles. The minimum atomic E-state index is 0.662. The van der Waals surface area contributed by atoms with Crippen molar-refractivity contribution in [2.75, 3.05) is 6.61 Å². The summed E-state index contributed by atoms with van der Waals surface area (Å²) in [5.41, 5.74) is 6.81. The summed E-state index contributed by atoms with van der Waals surface area (Å²) in [4.78, 5) is 0. The Kier molecular flexibility index (Phi) is 4.61. The molecule has 3 nitrogen and oxygen atoms in total. The first-order valence-electron chi connectivity index (χ1n) is 7.01. The standard InChI is InChI=1S/C17H22N2O/c1-12(2)9-10-20-17-8-6-15(11-13(17)3)16-7-5-14(4)18-19-16/h5-8,11-12,18H,4,9-10H2,1-3H3. The van der Waals surface area contributed by atoms with Gasteiger partial charge < -0.3 is 4.74 Å². The highest BCUT2D eigenvalue weighted by molar-refractivity contribution is 6.09. The Morgan fingerprint density at radius 3 is 2.70 bits per heavy atom. The summed E-state index contributed by atoms with van der Waals surface area (Å²) in [6.45, 7) is 11.0. The minimum absolute atomic E-state index is 0.662. The van der Waals surface area contributed by atoms with Crippen molar-refractivity contribution < 1.29 is 4.74 Å². The molecule has 0 unspecified atom stereocenters. The molecule has 0 fully saturated rings. The van der Waals surface area contributed by atoms with E-state index in [2.05, 4.69) is 43.9 Å². The number of hydrogen-bond acceptors (Lipinski definition) is 3. The number of allylic oxidation sites excluding steroid dienone is 2. The van der Waals surface area contributed by atoms with Crippen molar-refractivity contribution in [1.29, 1.82) is 0 Å². The summed E-state index contributed by atoms with van der Waals surface area (Å²) in [6.07, 6.45) is 4.96. The van der Waals surface area contributed by atoms with Crippen LogP contribution in [-0.2, 0) is 0 Å². The van der Waals surface area contributed by atoms with Crippen LogP contribution in [0.25, 0.3) is 0 Å². The quantitative estimate of drug-likeness (QED) is 0.883. The van der Waals surface area contributed by atoms with Gasteiger partial charge in [-0.2, -0.15) is 5.10 Å². The number of aryl methyl sites for hydroxylation is 1. The summed E-state index contributed by atoms with van der Waals surface area (Å²) in [7, 11) is 0. The van der Waals surface area contributed by atoms with Crippen LogP contribution in [0.4, 0.5) is 0 Å². The van der Waals surface area contributed by atoms with Gasteiger partial charge in [0, 0.05) is 11.3 Å². The normalized spacial score (nSPS) is 14.2. The zero-order chi connectivity index (χ0) is 14.5. The molecule has 3 heteroatoms. The van der Waals surface area contributed by atoms with E-state index in [-0.39, 0.29) is 0 Å². The lowest BCUT2D eigenvalue weighted by atomic mass is 10.1. The van der Waals surface area contributed by atoms with Gasteiger partial charge in [0.05, 0.1) is 12.3 Å². The molecule has 1 aliphatic rings. The lowest BCUT2D eigenvalue weighted by Gasteiger charge is -2.13. The first kappa shape index (κ1) is 14.4. The second kappa shape index (κ2) is 6.42. The van der Waals surface area contributed by atoms with Crippen LogP contribution in [0.3, 0.4) is 0 Å². The fourth-order valence-electron chi connectivity index (χ4n) is 1.92. The molecule has 106 valence electrons. The SMILES string of the molecule is C=C1C=CC(c2ccc(OCCC(C)C)c(C)c2)=NN1. The number of benzene rings is 1. The van der Waals surface area contributed by atoms with Crippen molar-refractivity contribution in [1.82, 2.24) is 5.43 Å². The van der Waals surface area contributed by atoms with Crippen LogP contribution in [0, 0.1) is 12.8 Å². The maximum Gasteiger partial charge on any atom is 0.122 e. The van der Waals surface area contributed by atoms with E-state index in [4.69, 9.17) is 4.74 Å². The molecule has 2 rings (SSSR count). The van der Waals surface area contributed by atoms with Crippen LogP contribution < -0.4 is 10.2 Å². The van der Waals surface area contributed by atoms with E-state index in [0.717, 1.165) is 41.3 Å². The molecule has 0 saturated carbocycles. The Hall–Kier alpha value is -2.03. The zero-order valence-electron chi connectivity index (χ0n) is 12.4. The number of nitrogens with zero attached hydrogens (tertiary/aromatic N) is 1. The molecule has 0 aliphatic carbocycles. The Morgan fingerprint density at radius 2 is 2.10 bits per heavy atom. The molecule has 0 spiro atoms. The van der Waals surface area contributed by atoms with Gasteiger partial charge in [0.25, 0.3) is 0 Å². The van der Waals surface area contributed by atoms with Crippen LogP contribution in [0.5, 0.6) is 5.75 Å². The lowest BCUT2D eigenvalue weighted by Crippen LogP contribution is -2.13. The lowest BCUT2D eigenvalue weighted by molar-refractivity contribution is 0.288. The van der Waals surface area contributed by atoms with Crippen molar-refractivity contribution in [3.63, 3.8) is 0 Å². The monoisotopic (exact) mass is 270 g/mol. The van der Waals surface area contributed by atoms with Crippen LogP contribution >= 0.6 is 0 Å². The van der Waals surface area contributed by atoms with E-state index < -0.39 is 0 Å². The number of rotatable bonds is 5. The highest BCUT2D eigenvalue weighted by Gasteiger charge is 2.07. The molecule has 0 atom stereocenters. The van der Waals surface area contributed by atoms with Gasteiger partial charge in [-0.15, -0.1) is 0 Å². The van der Waals surface area contributed by atoms with Crippen molar-refractivity contribution in [3.05, 3.63) is 53.8 Å². The van der Waals surface area contributed by atoms with Gasteiger partial charge in [-0.1, -0.05) is 20.4 Å². The summed E-state index contributed by atoms with van der Waals surface area (Å²) in [5, 5.41) is 4.28. The highest BCUT2D eigenvalue weighted by Crippen LogP contribution is 2.21. The number of ether oxygens (including phenoxy) is 1. The average molecular weight is 270 g/mol. The summed E-state index contributed by atoms with van der Waals surface area (Å²) >= 11 is 0. The molecular weight excluding hydrogens is 248 g/mol. The van der Waals surface area contributed by atoms with Gasteiger partial charge in [0.1, 0.15) is 5.75 Å². The Labute approximate surface area is 121 Å². The van der Waals surface area contributed by atoms with E-state index in [1.165, 1.54) is 0 Å². The minimum Gasteiger partial charge on any atom is -0.493 e. The molecule has 1 aromatic carbocycles. The van der Waals surface area contributed by atoms with Gasteiger partial charge in [-0.25, -0.2) is 0 Å². The molecule has 1 aromatic rings. The van der Waals surface area contributed by atoms with E-state index >= 15 is 0 Å². The number of hydrogen-bond donors (Lipinski definition) is 1. The zero-order valence-corrected chi connectivity index (χ0v) is 12.4. The van der Waals surface area contributed by atoms with Crippen LogP contribution in [-0.4, -0.2) is 12.3 Å². The molecule has 0 aromatic heterocycles. The number of hydrazone groups is 1. The fraction of sp³-hybridized carbons (Fsp3) is 0.353. The van der Waals surface area contributed by atoms with Gasteiger partial charge >= 0.3 is 0 Å². The summed E-state index contributed by atoms with van der Waals surface area (Å²) < 4.78 is 5.82. The summed E-state index contributed by atoms with van der Waals surface area (Å²) in [5.74, 6) is 1.61. The van der Waals surface area contributed by atoms with Crippen molar-refractivity contribution in [3.8, 4) is 5.75 Å². The second-order valence-electron chi connectivity index (χ2n) is 5.48. The average Bonchev–Trinajstić information content (AvgIpc) is 2.41. The third-order valence-electron chi connectivity index (χ3n) is 3.19. The molecule has 0 bridgehead atoms. The van der Waals surface area contributed by atoms with E-state index in [1.54, 1.807) is 0 Å². The number of nitrogens with one attached hydrogen (secondary N) is 1. The smallest absolute Gasteiger partial charge is 0.122 e. The maximum atomic E-state index is 5.82. The molecule has 20 heavy (non-hydrogen) atoms. The van der Waals surface area contributed by atoms with Gasteiger partial charge in [0.15, 0.2) is 0 Å². The Balaban J connectivity index is 2.06. The predicted molar refractivity (Wildman–Crippen MR) is 84.1 cm³/mol. The molecular formula is C17H22N2O. The molecule has 0 radical (unpaired) electrons. The van der Waals surface area contributed by atoms with E-state index in [1.807, 2.05) is 24.3 Å². The van der Waals surface area contributed by atoms with Crippen molar-refractivity contribution in [2.45, 2.75) is 27.2 Å². The van der Waals surface area contributed by atoms with E-state index in [0.29, 0.717) is 5.92 Å².